The van der Waals surface area contributed by atoms with Crippen molar-refractivity contribution in [1.29, 1.82) is 0 Å². The summed E-state index contributed by atoms with van der Waals surface area (Å²) in [5.74, 6) is 1.52. The van der Waals surface area contributed by atoms with E-state index in [1.54, 1.807) is 16.9 Å². The molecule has 35 heavy (non-hydrogen) atoms. The van der Waals surface area contributed by atoms with Crippen LogP contribution in [0.4, 0.5) is 19.0 Å². The lowest BCUT2D eigenvalue weighted by molar-refractivity contribution is -0.153. The Morgan fingerprint density at radius 3 is 2.86 bits per heavy atom. The van der Waals surface area contributed by atoms with Gasteiger partial charge in [0.2, 0.25) is 0 Å². The summed E-state index contributed by atoms with van der Waals surface area (Å²) in [6.07, 6.45) is 0.903. The average Bonchev–Trinajstić information content (AvgIpc) is 3.55. The van der Waals surface area contributed by atoms with E-state index in [1.807, 2.05) is 30.9 Å². The van der Waals surface area contributed by atoms with Gasteiger partial charge in [-0.3, -0.25) is 4.79 Å². The number of rotatable bonds is 3. The zero-order chi connectivity index (χ0) is 24.6. The Hall–Kier alpha value is -3.01. The van der Waals surface area contributed by atoms with Crippen LogP contribution >= 0.6 is 0 Å². The normalized spacial score (nSPS) is 25.8. The summed E-state index contributed by atoms with van der Waals surface area (Å²) in [4.78, 5) is 23.7. The van der Waals surface area contributed by atoms with Crippen LogP contribution < -0.4 is 10.2 Å². The minimum atomic E-state index is -4.22. The molecule has 1 spiro atoms. The number of Topliss-reactive ketones (excluding diaryl/α,β-unsaturated/α-hetero) is 1. The summed E-state index contributed by atoms with van der Waals surface area (Å²) < 4.78 is 41.3. The van der Waals surface area contributed by atoms with Crippen LogP contribution in [0.3, 0.4) is 0 Å². The van der Waals surface area contributed by atoms with Crippen LogP contribution in [0.5, 0.6) is 0 Å². The summed E-state index contributed by atoms with van der Waals surface area (Å²) >= 11 is 0. The molecule has 2 aromatic heterocycles. The van der Waals surface area contributed by atoms with Gasteiger partial charge < -0.3 is 10.2 Å². The van der Waals surface area contributed by atoms with Crippen molar-refractivity contribution in [2.75, 3.05) is 24.5 Å². The quantitative estimate of drug-likeness (QED) is 0.615. The second kappa shape index (κ2) is 7.49. The van der Waals surface area contributed by atoms with Gasteiger partial charge in [-0.15, -0.1) is 0 Å². The molecule has 7 nitrogen and oxygen atoms in total. The Bertz CT molecular complexity index is 1330. The van der Waals surface area contributed by atoms with Gasteiger partial charge >= 0.3 is 6.18 Å². The molecular weight excluding hydrogens is 457 g/mol. The molecule has 1 unspecified atom stereocenters. The molecule has 2 saturated heterocycles. The van der Waals surface area contributed by atoms with Gasteiger partial charge in [0, 0.05) is 55.7 Å². The van der Waals surface area contributed by atoms with Crippen LogP contribution in [0, 0.1) is 5.41 Å². The standard InChI is InChI=1S/C25H27F3N6O/c1-23(2)17-4-3-15(9-16(17)11-19(23)35)10-20-31-22-21(29-6-8-34(22)32-20)33-7-5-24(14-33)12-18(30-13-24)25(26,27)28/h3-4,6,8-9,18,30H,5,7,10-14H2,1-2H3/t18-,24?/m0/s1. The second-order valence-corrected chi connectivity index (χ2v) is 10.8. The van der Waals surface area contributed by atoms with E-state index in [1.165, 1.54) is 0 Å². The molecule has 2 aliphatic heterocycles. The highest BCUT2D eigenvalue weighted by Gasteiger charge is 2.52. The fraction of sp³-hybridized carbons (Fsp3) is 0.520. The van der Waals surface area contributed by atoms with Crippen LogP contribution in [0.25, 0.3) is 5.65 Å². The Balaban J connectivity index is 1.23. The van der Waals surface area contributed by atoms with Gasteiger partial charge in [-0.05, 0) is 43.4 Å². The number of alkyl halides is 3. The Morgan fingerprint density at radius 1 is 1.26 bits per heavy atom. The first kappa shape index (κ1) is 22.5. The third-order valence-electron chi connectivity index (χ3n) is 8.03. The molecule has 1 aliphatic carbocycles. The van der Waals surface area contributed by atoms with E-state index < -0.39 is 23.0 Å². The molecule has 0 saturated carbocycles. The molecular formula is C25H27F3N6O. The lowest BCUT2D eigenvalue weighted by Gasteiger charge is -2.24. The molecule has 3 aromatic rings. The number of carbonyl (C=O) groups excluding carboxylic acids is 1. The predicted molar refractivity (Wildman–Crippen MR) is 123 cm³/mol. The van der Waals surface area contributed by atoms with Crippen LogP contribution in [0.2, 0.25) is 0 Å². The first-order valence-corrected chi connectivity index (χ1v) is 12.0. The molecule has 3 aliphatic rings. The Labute approximate surface area is 200 Å². The van der Waals surface area contributed by atoms with E-state index in [0.717, 1.165) is 16.7 Å². The third-order valence-corrected chi connectivity index (χ3v) is 8.03. The number of benzene rings is 1. The van der Waals surface area contributed by atoms with Crippen LogP contribution in [0.15, 0.2) is 30.6 Å². The van der Waals surface area contributed by atoms with Crippen molar-refractivity contribution in [3.8, 4) is 0 Å². The highest BCUT2D eigenvalue weighted by atomic mass is 19.4. The van der Waals surface area contributed by atoms with Gasteiger partial charge in [-0.2, -0.15) is 18.3 Å². The highest BCUT2D eigenvalue weighted by Crippen LogP contribution is 2.44. The van der Waals surface area contributed by atoms with Crippen molar-refractivity contribution in [2.45, 2.75) is 57.2 Å². The molecule has 1 aromatic carbocycles. The minimum Gasteiger partial charge on any atom is -0.353 e. The summed E-state index contributed by atoms with van der Waals surface area (Å²) in [5, 5.41) is 7.29. The average molecular weight is 485 g/mol. The second-order valence-electron chi connectivity index (χ2n) is 10.8. The molecule has 184 valence electrons. The zero-order valence-electron chi connectivity index (χ0n) is 19.7. The van der Waals surface area contributed by atoms with E-state index >= 15 is 0 Å². The Morgan fingerprint density at radius 2 is 2.09 bits per heavy atom. The smallest absolute Gasteiger partial charge is 0.353 e. The van der Waals surface area contributed by atoms with Crippen LogP contribution in [0.1, 0.15) is 49.2 Å². The van der Waals surface area contributed by atoms with Crippen LogP contribution in [-0.4, -0.2) is 57.2 Å². The molecule has 2 atom stereocenters. The summed E-state index contributed by atoms with van der Waals surface area (Å²) in [5.41, 5.74) is 2.93. The molecule has 0 radical (unpaired) electrons. The minimum absolute atomic E-state index is 0.0890. The van der Waals surface area contributed by atoms with E-state index in [2.05, 4.69) is 21.5 Å². The molecule has 2 fully saturated rings. The maximum absolute atomic E-state index is 13.2. The number of carbonyl (C=O) groups is 1. The fourth-order valence-corrected chi connectivity index (χ4v) is 5.96. The summed E-state index contributed by atoms with van der Waals surface area (Å²) in [6, 6.07) is 4.69. The van der Waals surface area contributed by atoms with Crippen molar-refractivity contribution in [3.05, 3.63) is 53.1 Å². The number of hydrogen-bond donors (Lipinski definition) is 1. The highest BCUT2D eigenvalue weighted by molar-refractivity contribution is 5.95. The molecule has 4 heterocycles. The number of halogens is 3. The SMILES string of the molecule is CC1(C)C(=O)Cc2cc(Cc3nc4c(N5CCC6(CN[C@H](C(F)(F)F)C6)C5)nccn4n3)ccc21. The number of anilines is 1. The zero-order valence-corrected chi connectivity index (χ0v) is 19.7. The third kappa shape index (κ3) is 3.69. The number of nitrogens with one attached hydrogen (secondary N) is 1. The van der Waals surface area contributed by atoms with Gasteiger partial charge in [0.1, 0.15) is 11.8 Å². The van der Waals surface area contributed by atoms with E-state index in [4.69, 9.17) is 4.98 Å². The monoisotopic (exact) mass is 484 g/mol. The molecule has 10 heteroatoms. The summed E-state index contributed by atoms with van der Waals surface area (Å²) in [7, 11) is 0. The number of fused-ring (bicyclic) bond motifs is 2. The van der Waals surface area contributed by atoms with E-state index in [-0.39, 0.29) is 12.2 Å². The lowest BCUT2D eigenvalue weighted by atomic mass is 9.84. The largest absolute Gasteiger partial charge is 0.403 e. The molecule has 1 N–H and O–H groups in total. The maximum Gasteiger partial charge on any atom is 0.403 e. The molecule has 0 amide bonds. The predicted octanol–water partition coefficient (Wildman–Crippen LogP) is 3.24. The number of hydrogen-bond acceptors (Lipinski definition) is 6. The van der Waals surface area contributed by atoms with Gasteiger partial charge in [0.15, 0.2) is 17.3 Å². The number of nitrogens with zero attached hydrogens (tertiary/aromatic N) is 5. The van der Waals surface area contributed by atoms with Crippen molar-refractivity contribution in [3.63, 3.8) is 0 Å². The molecule has 6 rings (SSSR count). The van der Waals surface area contributed by atoms with Gasteiger partial charge in [-0.25, -0.2) is 14.5 Å². The maximum atomic E-state index is 13.2. The van der Waals surface area contributed by atoms with Gasteiger partial charge in [0.25, 0.3) is 0 Å². The first-order chi connectivity index (χ1) is 16.5. The van der Waals surface area contributed by atoms with Crippen LogP contribution in [-0.2, 0) is 23.1 Å². The van der Waals surface area contributed by atoms with E-state index in [0.29, 0.717) is 56.2 Å². The summed E-state index contributed by atoms with van der Waals surface area (Å²) in [6.45, 7) is 5.43. The van der Waals surface area contributed by atoms with Gasteiger partial charge in [-0.1, -0.05) is 18.2 Å². The first-order valence-electron chi connectivity index (χ1n) is 12.0. The van der Waals surface area contributed by atoms with Crippen molar-refractivity contribution in [2.24, 2.45) is 5.41 Å². The fourth-order valence-electron chi connectivity index (χ4n) is 5.96. The van der Waals surface area contributed by atoms with E-state index in [9.17, 15) is 18.0 Å². The lowest BCUT2D eigenvalue weighted by Crippen LogP contribution is -2.36. The Kier molecular flexibility index (Phi) is 4.81. The number of ketones is 1. The molecule has 0 bridgehead atoms. The van der Waals surface area contributed by atoms with Gasteiger partial charge in [0.05, 0.1) is 0 Å². The number of aromatic nitrogens is 4. The van der Waals surface area contributed by atoms with Crippen molar-refractivity contribution >= 4 is 17.2 Å². The van der Waals surface area contributed by atoms with Crippen molar-refractivity contribution < 1.29 is 18.0 Å². The topological polar surface area (TPSA) is 75.4 Å². The van der Waals surface area contributed by atoms with Crippen molar-refractivity contribution in [1.82, 2.24) is 24.9 Å².